The second kappa shape index (κ2) is 9.47. The van der Waals surface area contributed by atoms with Gasteiger partial charge in [0, 0.05) is 0 Å². The van der Waals surface area contributed by atoms with Crippen molar-refractivity contribution in [3.63, 3.8) is 0 Å². The minimum atomic E-state index is -0.543. The quantitative estimate of drug-likeness (QED) is 0.539. The molecule has 0 bridgehead atoms. The standard InChI is InChI=1S/C20H22O5/c1-3-12-23-20(22)16-6-5-7-18(13-16)25-19(21)14-24-17-10-8-15(4-2)9-11-17/h5-11,13H,3-4,12,14H2,1-2H3. The Morgan fingerprint density at radius 2 is 1.72 bits per heavy atom. The van der Waals surface area contributed by atoms with E-state index in [1.165, 1.54) is 11.6 Å². The molecule has 5 nitrogen and oxygen atoms in total. The number of ether oxygens (including phenoxy) is 3. The molecule has 132 valence electrons. The topological polar surface area (TPSA) is 61.8 Å². The molecule has 0 aliphatic rings. The molecule has 2 rings (SSSR count). The van der Waals surface area contributed by atoms with Crippen LogP contribution >= 0.6 is 0 Å². The molecule has 2 aromatic carbocycles. The van der Waals surface area contributed by atoms with Crippen LogP contribution in [-0.4, -0.2) is 25.2 Å². The zero-order valence-electron chi connectivity index (χ0n) is 14.5. The molecule has 0 fully saturated rings. The average molecular weight is 342 g/mol. The number of rotatable bonds is 8. The molecule has 0 saturated carbocycles. The molecule has 5 heteroatoms. The predicted molar refractivity (Wildman–Crippen MR) is 94.0 cm³/mol. The van der Waals surface area contributed by atoms with Crippen molar-refractivity contribution in [3.05, 3.63) is 59.7 Å². The fourth-order valence-electron chi connectivity index (χ4n) is 2.09. The first-order chi connectivity index (χ1) is 12.1. The molecule has 0 aliphatic heterocycles. The van der Waals surface area contributed by atoms with Gasteiger partial charge in [0.2, 0.25) is 0 Å². The van der Waals surface area contributed by atoms with Gasteiger partial charge in [-0.05, 0) is 48.7 Å². The van der Waals surface area contributed by atoms with Crippen molar-refractivity contribution in [3.8, 4) is 11.5 Å². The van der Waals surface area contributed by atoms with Gasteiger partial charge in [0.25, 0.3) is 0 Å². The average Bonchev–Trinajstić information content (AvgIpc) is 2.65. The molecule has 0 N–H and O–H groups in total. The minimum absolute atomic E-state index is 0.212. The molecule has 2 aromatic rings. The first-order valence-corrected chi connectivity index (χ1v) is 8.32. The van der Waals surface area contributed by atoms with E-state index >= 15 is 0 Å². The maximum absolute atomic E-state index is 11.9. The molecule has 0 unspecified atom stereocenters. The molecular formula is C20H22O5. The van der Waals surface area contributed by atoms with Crippen LogP contribution in [0, 0.1) is 0 Å². The van der Waals surface area contributed by atoms with Gasteiger partial charge in [0.1, 0.15) is 11.5 Å². The summed E-state index contributed by atoms with van der Waals surface area (Å²) in [6.07, 6.45) is 1.69. The van der Waals surface area contributed by atoms with Crippen molar-refractivity contribution >= 4 is 11.9 Å². The Balaban J connectivity index is 1.88. The largest absolute Gasteiger partial charge is 0.482 e. The number of hydrogen-bond donors (Lipinski definition) is 0. The molecular weight excluding hydrogens is 320 g/mol. The van der Waals surface area contributed by atoms with E-state index in [0.717, 1.165) is 12.8 Å². The summed E-state index contributed by atoms with van der Waals surface area (Å²) in [5.41, 5.74) is 1.54. The van der Waals surface area contributed by atoms with E-state index in [-0.39, 0.29) is 12.4 Å². The van der Waals surface area contributed by atoms with Gasteiger partial charge < -0.3 is 14.2 Å². The Hall–Kier alpha value is -2.82. The zero-order chi connectivity index (χ0) is 18.1. The van der Waals surface area contributed by atoms with Crippen molar-refractivity contribution in [2.24, 2.45) is 0 Å². The third-order valence-electron chi connectivity index (χ3n) is 3.43. The fraction of sp³-hybridized carbons (Fsp3) is 0.300. The second-order valence-corrected chi connectivity index (χ2v) is 5.42. The van der Waals surface area contributed by atoms with Crippen molar-refractivity contribution in [1.29, 1.82) is 0 Å². The Morgan fingerprint density at radius 1 is 0.960 bits per heavy atom. The van der Waals surface area contributed by atoms with Crippen LogP contribution < -0.4 is 9.47 Å². The lowest BCUT2D eigenvalue weighted by atomic mass is 10.2. The molecule has 0 saturated heterocycles. The maximum Gasteiger partial charge on any atom is 0.349 e. The van der Waals surface area contributed by atoms with Gasteiger partial charge >= 0.3 is 11.9 Å². The lowest BCUT2D eigenvalue weighted by molar-refractivity contribution is -0.136. The van der Waals surface area contributed by atoms with Crippen molar-refractivity contribution in [1.82, 2.24) is 0 Å². The third kappa shape index (κ3) is 5.95. The number of carbonyl (C=O) groups is 2. The number of esters is 2. The van der Waals surface area contributed by atoms with Gasteiger partial charge in [0.15, 0.2) is 6.61 Å². The second-order valence-electron chi connectivity index (χ2n) is 5.42. The van der Waals surface area contributed by atoms with E-state index in [4.69, 9.17) is 14.2 Å². The van der Waals surface area contributed by atoms with E-state index < -0.39 is 11.9 Å². The summed E-state index contributed by atoms with van der Waals surface area (Å²) in [5.74, 6) is -0.0995. The number of carbonyl (C=O) groups excluding carboxylic acids is 2. The van der Waals surface area contributed by atoms with E-state index in [2.05, 4.69) is 6.92 Å². The van der Waals surface area contributed by atoms with Gasteiger partial charge in [-0.25, -0.2) is 9.59 Å². The van der Waals surface area contributed by atoms with Crippen molar-refractivity contribution in [2.75, 3.05) is 13.2 Å². The summed E-state index contributed by atoms with van der Waals surface area (Å²) in [4.78, 5) is 23.7. The number of hydrogen-bond acceptors (Lipinski definition) is 5. The smallest absolute Gasteiger partial charge is 0.349 e. The van der Waals surface area contributed by atoms with Crippen molar-refractivity contribution < 1.29 is 23.8 Å². The summed E-state index contributed by atoms with van der Waals surface area (Å²) < 4.78 is 15.7. The molecule has 0 spiro atoms. The summed E-state index contributed by atoms with van der Waals surface area (Å²) >= 11 is 0. The SMILES string of the molecule is CCCOC(=O)c1cccc(OC(=O)COc2ccc(CC)cc2)c1. The van der Waals surface area contributed by atoms with Crippen LogP contribution in [0.4, 0.5) is 0 Å². The number of aryl methyl sites for hydroxylation is 1. The molecule has 0 radical (unpaired) electrons. The van der Waals surface area contributed by atoms with Gasteiger partial charge in [-0.2, -0.15) is 0 Å². The first kappa shape index (κ1) is 18.5. The zero-order valence-corrected chi connectivity index (χ0v) is 14.5. The predicted octanol–water partition coefficient (Wildman–Crippen LogP) is 3.80. The highest BCUT2D eigenvalue weighted by Crippen LogP contribution is 2.16. The van der Waals surface area contributed by atoms with Crippen molar-refractivity contribution in [2.45, 2.75) is 26.7 Å². The minimum Gasteiger partial charge on any atom is -0.482 e. The monoisotopic (exact) mass is 342 g/mol. The van der Waals surface area contributed by atoms with Crippen LogP contribution in [0.2, 0.25) is 0 Å². The van der Waals surface area contributed by atoms with Gasteiger partial charge in [-0.3, -0.25) is 0 Å². The van der Waals surface area contributed by atoms with Gasteiger partial charge in [0.05, 0.1) is 12.2 Å². The molecule has 0 aromatic heterocycles. The maximum atomic E-state index is 11.9. The highest BCUT2D eigenvalue weighted by Gasteiger charge is 2.11. The number of benzene rings is 2. The fourth-order valence-corrected chi connectivity index (χ4v) is 2.09. The van der Waals surface area contributed by atoms with Gasteiger partial charge in [-0.1, -0.05) is 32.0 Å². The molecule has 0 amide bonds. The summed E-state index contributed by atoms with van der Waals surface area (Å²) in [6.45, 7) is 4.13. The van der Waals surface area contributed by atoms with E-state index in [1.54, 1.807) is 18.2 Å². The van der Waals surface area contributed by atoms with E-state index in [0.29, 0.717) is 17.9 Å². The highest BCUT2D eigenvalue weighted by molar-refractivity contribution is 5.90. The normalized spacial score (nSPS) is 10.2. The molecule has 25 heavy (non-hydrogen) atoms. The Labute approximate surface area is 147 Å². The van der Waals surface area contributed by atoms with E-state index in [1.807, 2.05) is 31.2 Å². The summed E-state index contributed by atoms with van der Waals surface area (Å²) in [7, 11) is 0. The summed E-state index contributed by atoms with van der Waals surface area (Å²) in [6, 6.07) is 13.9. The highest BCUT2D eigenvalue weighted by atomic mass is 16.6. The van der Waals surface area contributed by atoms with Crippen LogP contribution in [0.1, 0.15) is 36.2 Å². The van der Waals surface area contributed by atoms with Crippen LogP contribution in [-0.2, 0) is 16.0 Å². The third-order valence-corrected chi connectivity index (χ3v) is 3.43. The first-order valence-electron chi connectivity index (χ1n) is 8.32. The van der Waals surface area contributed by atoms with E-state index in [9.17, 15) is 9.59 Å². The molecule has 0 atom stereocenters. The van der Waals surface area contributed by atoms with Crippen LogP contribution in [0.5, 0.6) is 11.5 Å². The lowest BCUT2D eigenvalue weighted by Crippen LogP contribution is -2.18. The van der Waals surface area contributed by atoms with Crippen LogP contribution in [0.3, 0.4) is 0 Å². The summed E-state index contributed by atoms with van der Waals surface area (Å²) in [5, 5.41) is 0. The van der Waals surface area contributed by atoms with Gasteiger partial charge in [-0.15, -0.1) is 0 Å². The Kier molecular flexibility index (Phi) is 7.01. The molecule has 0 heterocycles. The molecule has 0 aliphatic carbocycles. The Bertz CT molecular complexity index is 706. The lowest BCUT2D eigenvalue weighted by Gasteiger charge is -2.08. The van der Waals surface area contributed by atoms with Crippen LogP contribution in [0.15, 0.2) is 48.5 Å². The Morgan fingerprint density at radius 3 is 2.40 bits per heavy atom. The van der Waals surface area contributed by atoms with Crippen LogP contribution in [0.25, 0.3) is 0 Å².